The van der Waals surface area contributed by atoms with Crippen LogP contribution >= 0.6 is 0 Å². The summed E-state index contributed by atoms with van der Waals surface area (Å²) < 4.78 is 47.2. The highest BCUT2D eigenvalue weighted by Gasteiger charge is 2.16. The highest BCUT2D eigenvalue weighted by molar-refractivity contribution is 5.91. The number of aromatic nitrogens is 4. The number of aryl methyl sites for hydroxylation is 1. The molecule has 5 aromatic rings. The molecule has 0 spiro atoms. The monoisotopic (exact) mass is 652 g/mol. The minimum absolute atomic E-state index is 0.00605. The number of hydrogen-bond acceptors (Lipinski definition) is 9. The molecule has 0 atom stereocenters. The molecule has 0 bridgehead atoms. The average molecular weight is 653 g/mol. The van der Waals surface area contributed by atoms with Gasteiger partial charge in [-0.05, 0) is 48.4 Å². The van der Waals surface area contributed by atoms with E-state index in [1.165, 1.54) is 43.6 Å². The summed E-state index contributed by atoms with van der Waals surface area (Å²) in [4.78, 5) is 40.9. The van der Waals surface area contributed by atoms with E-state index in [1.807, 2.05) is 11.5 Å². The number of nitrogens with one attached hydrogen (secondary N) is 1. The van der Waals surface area contributed by atoms with Gasteiger partial charge in [0.25, 0.3) is 0 Å². The minimum Gasteiger partial charge on any atom is -0.483 e. The maximum absolute atomic E-state index is 15.1. The quantitative estimate of drug-likeness (QED) is 0.104. The summed E-state index contributed by atoms with van der Waals surface area (Å²) in [6, 6.07) is 14.4. The normalized spacial score (nSPS) is 10.6. The third kappa shape index (κ3) is 8.35. The van der Waals surface area contributed by atoms with Gasteiger partial charge < -0.3 is 24.1 Å². The molecule has 0 saturated heterocycles. The second-order valence-corrected chi connectivity index (χ2v) is 10.5. The number of benzene rings is 3. The number of rotatable bonds is 14. The van der Waals surface area contributed by atoms with Crippen molar-refractivity contribution in [2.75, 3.05) is 12.4 Å². The summed E-state index contributed by atoms with van der Waals surface area (Å²) in [5.41, 5.74) is 2.80. The average Bonchev–Trinajstić information content (AvgIpc) is 3.56. The molecule has 1 N–H and O–H groups in total. The third-order valence-electron chi connectivity index (χ3n) is 7.23. The minimum atomic E-state index is -0.685. The Labute approximate surface area is 275 Å². The summed E-state index contributed by atoms with van der Waals surface area (Å²) in [6.45, 7) is 9.93. The molecule has 2 aromatic heterocycles. The maximum Gasteiger partial charge on any atom is 0.337 e. The molecule has 0 aliphatic heterocycles. The first kappa shape index (κ1) is 33.2. The van der Waals surface area contributed by atoms with Gasteiger partial charge in [-0.1, -0.05) is 18.2 Å². The topological polar surface area (TPSA) is 122 Å². The summed E-state index contributed by atoms with van der Waals surface area (Å²) in [7, 11) is 1.29. The zero-order valence-corrected chi connectivity index (χ0v) is 26.1. The van der Waals surface area contributed by atoms with Gasteiger partial charge in [-0.25, -0.2) is 28.4 Å². The van der Waals surface area contributed by atoms with Crippen molar-refractivity contribution in [1.29, 1.82) is 0 Å². The van der Waals surface area contributed by atoms with Crippen LogP contribution in [-0.2, 0) is 42.1 Å². The Kier molecular flexibility index (Phi) is 10.7. The Morgan fingerprint density at radius 3 is 2.56 bits per heavy atom. The van der Waals surface area contributed by atoms with Crippen LogP contribution in [0.5, 0.6) is 17.4 Å². The van der Waals surface area contributed by atoms with Gasteiger partial charge in [0.05, 0.1) is 37.8 Å². The van der Waals surface area contributed by atoms with Crippen molar-refractivity contribution in [3.05, 3.63) is 131 Å². The van der Waals surface area contributed by atoms with Crippen LogP contribution in [-0.4, -0.2) is 38.4 Å². The van der Waals surface area contributed by atoms with Crippen LogP contribution in [0.15, 0.2) is 79.4 Å². The van der Waals surface area contributed by atoms with Crippen LogP contribution in [0.4, 0.5) is 20.2 Å². The van der Waals surface area contributed by atoms with Gasteiger partial charge in [0.2, 0.25) is 5.88 Å². The predicted octanol–water partition coefficient (Wildman–Crippen LogP) is 6.65. The van der Waals surface area contributed by atoms with Crippen molar-refractivity contribution >= 4 is 23.1 Å². The van der Waals surface area contributed by atoms with Crippen LogP contribution < -0.4 is 14.8 Å². The number of halogens is 2. The van der Waals surface area contributed by atoms with Gasteiger partial charge in [0.1, 0.15) is 24.0 Å². The summed E-state index contributed by atoms with van der Waals surface area (Å²) in [6.07, 6.45) is 4.70. The molecule has 0 aliphatic rings. The first-order chi connectivity index (χ1) is 23.3. The number of nitrogens with zero attached hydrogens (tertiary/aromatic N) is 5. The second kappa shape index (κ2) is 15.4. The molecule has 0 aliphatic carbocycles. The Morgan fingerprint density at radius 1 is 1.00 bits per heavy atom. The van der Waals surface area contributed by atoms with E-state index in [-0.39, 0.29) is 59.7 Å². The van der Waals surface area contributed by atoms with Crippen molar-refractivity contribution < 1.29 is 32.6 Å². The van der Waals surface area contributed by atoms with Gasteiger partial charge in [-0.15, -0.1) is 0 Å². The van der Waals surface area contributed by atoms with Gasteiger partial charge in [0, 0.05) is 49.6 Å². The molecule has 0 saturated carbocycles. The lowest BCUT2D eigenvalue weighted by Crippen LogP contribution is -2.13. The molecule has 5 rings (SSSR count). The molecule has 0 fully saturated rings. The lowest BCUT2D eigenvalue weighted by Gasteiger charge is -2.14. The first-order valence-electron chi connectivity index (χ1n) is 14.8. The first-order valence-corrected chi connectivity index (χ1v) is 14.8. The number of Topliss-reactive ketones (excluding diaryl/α,β-unsaturated/α-hetero) is 1. The number of carbonyl (C=O) groups excluding carboxylic acids is 2. The molecule has 11 nitrogen and oxygen atoms in total. The van der Waals surface area contributed by atoms with E-state index in [0.29, 0.717) is 23.4 Å². The SMILES string of the molecule is [C-]#[N+]c1ccc(OCc2nccc(Oc3ccc(CC(=O)Cc4ccc(C(=O)OC)cc4NCc4cncn4CC)c(F)c3)n2)c(F)c1. The van der Waals surface area contributed by atoms with E-state index in [4.69, 9.17) is 20.8 Å². The van der Waals surface area contributed by atoms with Crippen LogP contribution in [0.3, 0.4) is 0 Å². The molecular weight excluding hydrogens is 622 g/mol. The fourth-order valence-corrected chi connectivity index (χ4v) is 4.77. The van der Waals surface area contributed by atoms with Crippen molar-refractivity contribution in [2.45, 2.75) is 39.5 Å². The fourth-order valence-electron chi connectivity index (χ4n) is 4.77. The van der Waals surface area contributed by atoms with E-state index in [2.05, 4.69) is 25.1 Å². The zero-order valence-electron chi connectivity index (χ0n) is 26.1. The van der Waals surface area contributed by atoms with Gasteiger partial charge in [-0.2, -0.15) is 4.98 Å². The third-order valence-corrected chi connectivity index (χ3v) is 7.23. The van der Waals surface area contributed by atoms with E-state index in [9.17, 15) is 14.0 Å². The molecule has 13 heteroatoms. The van der Waals surface area contributed by atoms with Crippen molar-refractivity contribution in [3.8, 4) is 17.4 Å². The smallest absolute Gasteiger partial charge is 0.337 e. The number of anilines is 1. The Bertz CT molecular complexity index is 1990. The molecular formula is C35H30F2N6O5. The van der Waals surface area contributed by atoms with Crippen molar-refractivity contribution in [1.82, 2.24) is 19.5 Å². The van der Waals surface area contributed by atoms with Gasteiger partial charge in [0.15, 0.2) is 23.1 Å². The lowest BCUT2D eigenvalue weighted by atomic mass is 9.99. The number of imidazole rings is 1. The summed E-state index contributed by atoms with van der Waals surface area (Å²) in [5.74, 6) is -1.69. The van der Waals surface area contributed by atoms with Crippen LogP contribution in [0.2, 0.25) is 0 Å². The number of methoxy groups -OCH3 is 1. The zero-order chi connectivity index (χ0) is 34.0. The lowest BCUT2D eigenvalue weighted by molar-refractivity contribution is -0.117. The molecule has 48 heavy (non-hydrogen) atoms. The number of carbonyl (C=O) groups is 2. The van der Waals surface area contributed by atoms with Crippen molar-refractivity contribution in [2.24, 2.45) is 0 Å². The van der Waals surface area contributed by atoms with Crippen molar-refractivity contribution in [3.63, 3.8) is 0 Å². The van der Waals surface area contributed by atoms with Crippen LogP contribution in [0.25, 0.3) is 4.85 Å². The maximum atomic E-state index is 15.1. The van der Waals surface area contributed by atoms with E-state index in [0.717, 1.165) is 24.4 Å². The summed E-state index contributed by atoms with van der Waals surface area (Å²) >= 11 is 0. The standard InChI is InChI=1S/C35H30F2N6O5/c1-4-43-21-39-18-26(43)19-41-31-15-24(35(45)46-3)6-5-23(31)14-27(44)13-22-7-9-28(17-29(22)36)48-34-11-12-40-33(42-34)20-47-32-10-8-25(38-2)16-30(32)37/h5-12,15-18,21,41H,4,13-14,19-20H2,1,3H3. The van der Waals surface area contributed by atoms with Gasteiger partial charge >= 0.3 is 5.97 Å². The number of esters is 1. The molecule has 2 heterocycles. The van der Waals surface area contributed by atoms with Gasteiger partial charge in [-0.3, -0.25) is 4.79 Å². The Hall–Kier alpha value is -6.16. The van der Waals surface area contributed by atoms with Crippen LogP contribution in [0, 0.1) is 18.2 Å². The fraction of sp³-hybridized carbons (Fsp3) is 0.200. The largest absolute Gasteiger partial charge is 0.483 e. The number of hydrogen-bond donors (Lipinski definition) is 1. The van der Waals surface area contributed by atoms with E-state index >= 15 is 4.39 Å². The number of ether oxygens (including phenoxy) is 3. The highest BCUT2D eigenvalue weighted by atomic mass is 19.1. The molecule has 0 unspecified atom stereocenters. The van der Waals surface area contributed by atoms with Crippen LogP contribution in [0.1, 0.15) is 39.9 Å². The second-order valence-electron chi connectivity index (χ2n) is 10.5. The molecule has 3 aromatic carbocycles. The predicted molar refractivity (Wildman–Crippen MR) is 171 cm³/mol. The van der Waals surface area contributed by atoms with E-state index in [1.54, 1.807) is 30.7 Å². The molecule has 0 amide bonds. The Balaban J connectivity index is 1.22. The Morgan fingerprint density at radius 2 is 1.81 bits per heavy atom. The van der Waals surface area contributed by atoms with E-state index < -0.39 is 17.6 Å². The molecule has 244 valence electrons. The number of ketones is 1. The highest BCUT2D eigenvalue weighted by Crippen LogP contribution is 2.26. The molecule has 0 radical (unpaired) electrons. The summed E-state index contributed by atoms with van der Waals surface area (Å²) in [5, 5.41) is 3.29.